The van der Waals surface area contributed by atoms with E-state index in [4.69, 9.17) is 0 Å². The Bertz CT molecular complexity index is 1270. The molecular formula is C17H12BrN7O3. The lowest BCUT2D eigenvalue weighted by Gasteiger charge is -2.02. The molecule has 4 rings (SSSR count). The van der Waals surface area contributed by atoms with E-state index in [9.17, 15) is 15.2 Å². The Labute approximate surface area is 165 Å². The molecule has 2 aromatic carbocycles. The summed E-state index contributed by atoms with van der Waals surface area (Å²) >= 11 is 3.16. The zero-order chi connectivity index (χ0) is 19.8. The number of nitrogens with one attached hydrogen (secondary N) is 2. The third kappa shape index (κ3) is 3.22. The Morgan fingerprint density at radius 2 is 2.14 bits per heavy atom. The number of hydrazone groups is 1. The van der Waals surface area contributed by atoms with E-state index in [1.54, 1.807) is 0 Å². The largest absolute Gasteiger partial charge is 0.502 e. The zero-order valence-corrected chi connectivity index (χ0v) is 15.9. The van der Waals surface area contributed by atoms with Crippen LogP contribution in [0, 0.1) is 17.0 Å². The highest BCUT2D eigenvalue weighted by molar-refractivity contribution is 9.10. The van der Waals surface area contributed by atoms with Gasteiger partial charge in [0.2, 0.25) is 5.75 Å². The molecule has 0 spiro atoms. The van der Waals surface area contributed by atoms with Gasteiger partial charge < -0.3 is 10.1 Å². The summed E-state index contributed by atoms with van der Waals surface area (Å²) in [6.45, 7) is 1.99. The average Bonchev–Trinajstić information content (AvgIpc) is 3.01. The number of benzene rings is 2. The van der Waals surface area contributed by atoms with Crippen LogP contribution in [0.15, 0.2) is 39.9 Å². The lowest BCUT2D eigenvalue weighted by Crippen LogP contribution is -1.99. The number of anilines is 1. The summed E-state index contributed by atoms with van der Waals surface area (Å²) in [6.07, 6.45) is 1.23. The molecule has 28 heavy (non-hydrogen) atoms. The summed E-state index contributed by atoms with van der Waals surface area (Å²) in [7, 11) is 0. The second kappa shape index (κ2) is 6.85. The molecule has 10 nitrogen and oxygen atoms in total. The van der Waals surface area contributed by atoms with Crippen molar-refractivity contribution in [2.45, 2.75) is 6.92 Å². The zero-order valence-electron chi connectivity index (χ0n) is 14.3. The summed E-state index contributed by atoms with van der Waals surface area (Å²) in [5.41, 5.74) is 5.53. The van der Waals surface area contributed by atoms with E-state index in [2.05, 4.69) is 46.6 Å². The predicted molar refractivity (Wildman–Crippen MR) is 108 cm³/mol. The molecule has 0 atom stereocenters. The first-order chi connectivity index (χ1) is 13.4. The number of nitrogens with zero attached hydrogens (tertiary/aromatic N) is 5. The first kappa shape index (κ1) is 17.8. The number of hydrogen-bond donors (Lipinski definition) is 3. The van der Waals surface area contributed by atoms with Crippen LogP contribution in [-0.2, 0) is 0 Å². The van der Waals surface area contributed by atoms with Crippen LogP contribution >= 0.6 is 15.9 Å². The van der Waals surface area contributed by atoms with Crippen LogP contribution < -0.4 is 5.43 Å². The molecule has 0 radical (unpaired) electrons. The molecular weight excluding hydrogens is 430 g/mol. The number of rotatable bonds is 4. The molecule has 0 saturated carbocycles. The van der Waals surface area contributed by atoms with Crippen LogP contribution in [-0.4, -0.2) is 36.4 Å². The lowest BCUT2D eigenvalue weighted by molar-refractivity contribution is -0.385. The highest BCUT2D eigenvalue weighted by atomic mass is 79.9. The summed E-state index contributed by atoms with van der Waals surface area (Å²) in [6, 6.07) is 8.63. The third-order valence-electron chi connectivity index (χ3n) is 4.02. The molecule has 0 aliphatic rings. The Balaban J connectivity index is 1.62. The summed E-state index contributed by atoms with van der Waals surface area (Å²) in [5, 5.41) is 34.0. The number of aromatic nitrogens is 4. The molecule has 0 fully saturated rings. The molecule has 3 N–H and O–H groups in total. The topological polar surface area (TPSA) is 142 Å². The Hall–Kier alpha value is -3.60. The van der Waals surface area contributed by atoms with E-state index in [1.165, 1.54) is 18.3 Å². The number of aromatic amines is 1. The van der Waals surface area contributed by atoms with Crippen molar-refractivity contribution in [3.8, 4) is 5.75 Å². The van der Waals surface area contributed by atoms with Gasteiger partial charge in [-0.1, -0.05) is 27.6 Å². The number of fused-ring (bicyclic) bond motifs is 3. The number of H-pyrrole nitrogens is 1. The van der Waals surface area contributed by atoms with Gasteiger partial charge in [-0.15, -0.1) is 10.2 Å². The summed E-state index contributed by atoms with van der Waals surface area (Å²) in [5.74, 6) is -0.352. The summed E-state index contributed by atoms with van der Waals surface area (Å²) < 4.78 is 0.436. The summed E-state index contributed by atoms with van der Waals surface area (Å²) in [4.78, 5) is 17.8. The van der Waals surface area contributed by atoms with Crippen molar-refractivity contribution in [1.29, 1.82) is 0 Å². The van der Waals surface area contributed by atoms with Crippen LogP contribution in [0.1, 0.15) is 11.1 Å². The van der Waals surface area contributed by atoms with Crippen molar-refractivity contribution in [3.63, 3.8) is 0 Å². The van der Waals surface area contributed by atoms with Gasteiger partial charge in [-0.2, -0.15) is 10.1 Å². The molecule has 0 unspecified atom stereocenters. The number of nitro benzene ring substituents is 1. The fourth-order valence-corrected chi connectivity index (χ4v) is 3.20. The molecule has 11 heteroatoms. The molecule has 0 bridgehead atoms. The van der Waals surface area contributed by atoms with Crippen LogP contribution in [0.2, 0.25) is 0 Å². The van der Waals surface area contributed by atoms with Gasteiger partial charge >= 0.3 is 5.69 Å². The van der Waals surface area contributed by atoms with Gasteiger partial charge in [0.05, 0.1) is 11.1 Å². The quantitative estimate of drug-likeness (QED) is 0.249. The normalized spacial score (nSPS) is 11.5. The molecule has 0 aliphatic heterocycles. The van der Waals surface area contributed by atoms with E-state index in [1.807, 2.05) is 25.1 Å². The van der Waals surface area contributed by atoms with E-state index >= 15 is 0 Å². The van der Waals surface area contributed by atoms with Gasteiger partial charge in [0, 0.05) is 27.0 Å². The molecule has 4 aromatic rings. The molecule has 2 heterocycles. The van der Waals surface area contributed by atoms with Crippen LogP contribution in [0.3, 0.4) is 0 Å². The standard InChI is InChI=1S/C17H12BrN7O3/c1-8-2-3-12-11(4-8)14-16(20-12)21-17(24-22-14)23-19-7-9-5-10(18)6-13(15(9)26)25(27)28/h2-7,26H,1H3,(H2,20,21,23,24)/b19-7+. The number of nitro groups is 1. The predicted octanol–water partition coefficient (Wildman–Crippen LogP) is 3.64. The van der Waals surface area contributed by atoms with Gasteiger partial charge in [0.15, 0.2) is 5.65 Å². The molecule has 0 saturated heterocycles. The maximum absolute atomic E-state index is 11.0. The first-order valence-electron chi connectivity index (χ1n) is 8.01. The second-order valence-electron chi connectivity index (χ2n) is 6.00. The fourth-order valence-electron chi connectivity index (χ4n) is 2.74. The van der Waals surface area contributed by atoms with Gasteiger partial charge in [0.1, 0.15) is 5.52 Å². The van der Waals surface area contributed by atoms with Crippen LogP contribution in [0.5, 0.6) is 5.75 Å². The van der Waals surface area contributed by atoms with Crippen molar-refractivity contribution >= 4 is 55.8 Å². The highest BCUT2D eigenvalue weighted by Crippen LogP contribution is 2.32. The van der Waals surface area contributed by atoms with Gasteiger partial charge in [-0.05, 0) is 25.1 Å². The highest BCUT2D eigenvalue weighted by Gasteiger charge is 2.17. The van der Waals surface area contributed by atoms with E-state index in [-0.39, 0.29) is 11.5 Å². The molecule has 140 valence electrons. The fraction of sp³-hybridized carbons (Fsp3) is 0.0588. The Morgan fingerprint density at radius 3 is 2.93 bits per heavy atom. The number of hydrogen-bond acceptors (Lipinski definition) is 8. The minimum atomic E-state index is -0.677. The smallest absolute Gasteiger partial charge is 0.312 e. The minimum absolute atomic E-state index is 0.135. The van der Waals surface area contributed by atoms with Crippen LogP contribution in [0.4, 0.5) is 11.6 Å². The van der Waals surface area contributed by atoms with Crippen molar-refractivity contribution in [2.24, 2.45) is 5.10 Å². The number of phenolic OH excluding ortho intramolecular Hbond substituents is 1. The maximum atomic E-state index is 11.0. The Kier molecular flexibility index (Phi) is 4.35. The van der Waals surface area contributed by atoms with E-state index in [0.29, 0.717) is 15.6 Å². The molecule has 0 amide bonds. The van der Waals surface area contributed by atoms with Crippen molar-refractivity contribution < 1.29 is 10.0 Å². The monoisotopic (exact) mass is 441 g/mol. The third-order valence-corrected chi connectivity index (χ3v) is 4.48. The SMILES string of the molecule is Cc1ccc2[nH]c3nc(N/N=C/c4cc(Br)cc([N+](=O)[O-])c4O)nnc3c2c1. The van der Waals surface area contributed by atoms with Crippen molar-refractivity contribution in [3.05, 3.63) is 56.0 Å². The minimum Gasteiger partial charge on any atom is -0.502 e. The van der Waals surface area contributed by atoms with Crippen LogP contribution in [0.25, 0.3) is 22.1 Å². The van der Waals surface area contributed by atoms with Gasteiger partial charge in [0.25, 0.3) is 5.95 Å². The molecule has 0 aliphatic carbocycles. The van der Waals surface area contributed by atoms with Gasteiger partial charge in [-0.3, -0.25) is 10.1 Å². The van der Waals surface area contributed by atoms with E-state index < -0.39 is 16.4 Å². The number of halogens is 1. The number of aromatic hydroxyl groups is 1. The van der Waals surface area contributed by atoms with E-state index in [0.717, 1.165) is 16.5 Å². The second-order valence-corrected chi connectivity index (χ2v) is 6.91. The van der Waals surface area contributed by atoms with Crippen molar-refractivity contribution in [2.75, 3.05) is 5.43 Å². The molecule has 2 aromatic heterocycles. The maximum Gasteiger partial charge on any atom is 0.312 e. The lowest BCUT2D eigenvalue weighted by atomic mass is 10.2. The first-order valence-corrected chi connectivity index (χ1v) is 8.80. The van der Waals surface area contributed by atoms with Gasteiger partial charge in [-0.25, -0.2) is 5.43 Å². The number of aryl methyl sites for hydroxylation is 1. The van der Waals surface area contributed by atoms with Crippen molar-refractivity contribution in [1.82, 2.24) is 20.2 Å². The average molecular weight is 442 g/mol. The number of phenols is 1. The Morgan fingerprint density at radius 1 is 1.32 bits per heavy atom.